The quantitative estimate of drug-likeness (QED) is 0.439. The van der Waals surface area contributed by atoms with Gasteiger partial charge in [-0.2, -0.15) is 11.8 Å². The minimum absolute atomic E-state index is 0.498. The maximum Gasteiger partial charge on any atom is 0.0134 e. The van der Waals surface area contributed by atoms with E-state index in [1.807, 2.05) is 0 Å². The molecular formula is C4H9PS. The van der Waals surface area contributed by atoms with Crippen LogP contribution in [-0.4, -0.2) is 24.1 Å². The van der Waals surface area contributed by atoms with Gasteiger partial charge in [0.15, 0.2) is 0 Å². The van der Waals surface area contributed by atoms with E-state index >= 15 is 0 Å². The van der Waals surface area contributed by atoms with E-state index in [-0.39, 0.29) is 0 Å². The number of thioether (sulfide) groups is 1. The summed E-state index contributed by atoms with van der Waals surface area (Å²) in [5, 5.41) is 0. The van der Waals surface area contributed by atoms with Crippen molar-refractivity contribution < 1.29 is 0 Å². The minimum atomic E-state index is 0.498. The first kappa shape index (κ1) is 4.93. The Morgan fingerprint density at radius 2 is 2.50 bits per heavy atom. The average molecular weight is 120 g/mol. The number of hydrogen-bond donors (Lipinski definition) is 0. The fourth-order valence-electron chi connectivity index (χ4n) is 0.505. The monoisotopic (exact) mass is 120 g/mol. The standard InChI is InChI=1S/C4H9PS/c1-5-2-3-6-4-5/h2-4H2,1H3. The van der Waals surface area contributed by atoms with Gasteiger partial charge in [-0.25, -0.2) is 0 Å². The van der Waals surface area contributed by atoms with Gasteiger partial charge in [-0.1, -0.05) is 7.92 Å². The molecule has 1 saturated heterocycles. The Morgan fingerprint density at radius 1 is 1.67 bits per heavy atom. The van der Waals surface area contributed by atoms with Crippen molar-refractivity contribution in [1.29, 1.82) is 0 Å². The van der Waals surface area contributed by atoms with E-state index in [0.717, 1.165) is 0 Å². The summed E-state index contributed by atoms with van der Waals surface area (Å²) in [5.41, 5.74) is 1.47. The van der Waals surface area contributed by atoms with E-state index < -0.39 is 0 Å². The fraction of sp³-hybridized carbons (Fsp3) is 1.00. The molecule has 2 heteroatoms. The molecule has 1 unspecified atom stereocenters. The van der Waals surface area contributed by atoms with Crippen molar-refractivity contribution in [3.8, 4) is 0 Å². The SMILES string of the molecule is CP1CCSC1. The third kappa shape index (κ3) is 1.13. The Balaban J connectivity index is 2.18. The zero-order chi connectivity index (χ0) is 4.41. The molecule has 1 rings (SSSR count). The van der Waals surface area contributed by atoms with Crippen molar-refractivity contribution in [2.24, 2.45) is 0 Å². The van der Waals surface area contributed by atoms with Crippen LogP contribution in [0.4, 0.5) is 0 Å². The van der Waals surface area contributed by atoms with Crippen molar-refractivity contribution >= 4 is 19.7 Å². The lowest BCUT2D eigenvalue weighted by Gasteiger charge is -1.92. The van der Waals surface area contributed by atoms with Crippen molar-refractivity contribution in [3.63, 3.8) is 0 Å². The molecule has 1 aliphatic rings. The van der Waals surface area contributed by atoms with Crippen LogP contribution in [0.1, 0.15) is 0 Å². The molecule has 0 amide bonds. The van der Waals surface area contributed by atoms with Gasteiger partial charge in [-0.05, 0) is 18.6 Å². The Bertz CT molecular complexity index is 40.8. The van der Waals surface area contributed by atoms with Crippen LogP contribution >= 0.6 is 19.7 Å². The molecule has 0 aliphatic carbocycles. The summed E-state index contributed by atoms with van der Waals surface area (Å²) in [4.78, 5) is 0. The molecule has 0 saturated carbocycles. The van der Waals surface area contributed by atoms with E-state index in [9.17, 15) is 0 Å². The zero-order valence-electron chi connectivity index (χ0n) is 3.98. The Kier molecular flexibility index (Phi) is 1.79. The van der Waals surface area contributed by atoms with Crippen LogP contribution in [-0.2, 0) is 0 Å². The number of rotatable bonds is 0. The maximum atomic E-state index is 2.38. The predicted octanol–water partition coefficient (Wildman–Crippen LogP) is 1.80. The largest absolute Gasteiger partial charge is 0.157 e. The summed E-state index contributed by atoms with van der Waals surface area (Å²) in [5.74, 6) is 1.43. The van der Waals surface area contributed by atoms with Crippen LogP contribution in [0.5, 0.6) is 0 Å². The van der Waals surface area contributed by atoms with Crippen molar-refractivity contribution in [1.82, 2.24) is 0 Å². The molecule has 0 radical (unpaired) electrons. The summed E-state index contributed by atoms with van der Waals surface area (Å²) in [6, 6.07) is 0. The first-order chi connectivity index (χ1) is 2.89. The summed E-state index contributed by atoms with van der Waals surface area (Å²) >= 11 is 2.11. The lowest BCUT2D eigenvalue weighted by Crippen LogP contribution is -1.70. The Labute approximate surface area is 44.5 Å². The summed E-state index contributed by atoms with van der Waals surface area (Å²) in [7, 11) is 0.498. The second kappa shape index (κ2) is 2.18. The third-order valence-corrected chi connectivity index (χ3v) is 5.20. The van der Waals surface area contributed by atoms with Gasteiger partial charge in [0.05, 0.1) is 0 Å². The van der Waals surface area contributed by atoms with Gasteiger partial charge in [-0.3, -0.25) is 0 Å². The van der Waals surface area contributed by atoms with Crippen LogP contribution < -0.4 is 0 Å². The van der Waals surface area contributed by atoms with Gasteiger partial charge in [0, 0.05) is 5.49 Å². The van der Waals surface area contributed by atoms with Gasteiger partial charge in [0.1, 0.15) is 0 Å². The van der Waals surface area contributed by atoms with Crippen LogP contribution in [0.2, 0.25) is 0 Å². The summed E-state index contributed by atoms with van der Waals surface area (Å²) < 4.78 is 0. The van der Waals surface area contributed by atoms with Crippen LogP contribution in [0, 0.1) is 0 Å². The van der Waals surface area contributed by atoms with Gasteiger partial charge in [0.25, 0.3) is 0 Å². The second-order valence-corrected chi connectivity index (χ2v) is 5.63. The van der Waals surface area contributed by atoms with Crippen molar-refractivity contribution in [2.75, 3.05) is 24.1 Å². The van der Waals surface area contributed by atoms with E-state index in [1.165, 1.54) is 17.4 Å². The average Bonchev–Trinajstić information content (AvgIpc) is 1.86. The van der Waals surface area contributed by atoms with Gasteiger partial charge >= 0.3 is 0 Å². The lowest BCUT2D eigenvalue weighted by atomic mass is 11.0. The Hall–Kier alpha value is 0.780. The highest BCUT2D eigenvalue weighted by molar-refractivity contribution is 8.06. The molecule has 0 spiro atoms. The highest BCUT2D eigenvalue weighted by atomic mass is 32.2. The smallest absolute Gasteiger partial charge is 0.0134 e. The molecule has 0 N–H and O–H groups in total. The third-order valence-electron chi connectivity index (χ3n) is 0.929. The molecule has 0 aromatic heterocycles. The normalized spacial score (nSPS) is 34.5. The molecule has 36 valence electrons. The molecule has 0 nitrogen and oxygen atoms in total. The summed E-state index contributed by atoms with van der Waals surface area (Å²) in [6.07, 6.45) is 1.51. The van der Waals surface area contributed by atoms with Crippen LogP contribution in [0.15, 0.2) is 0 Å². The first-order valence-corrected chi connectivity index (χ1v) is 5.47. The zero-order valence-corrected chi connectivity index (χ0v) is 5.69. The molecule has 1 heterocycles. The van der Waals surface area contributed by atoms with Crippen molar-refractivity contribution in [2.45, 2.75) is 0 Å². The maximum absolute atomic E-state index is 2.38. The molecular weight excluding hydrogens is 111 g/mol. The molecule has 0 aromatic rings. The highest BCUT2D eigenvalue weighted by Crippen LogP contribution is 2.41. The molecule has 1 atom stereocenters. The first-order valence-electron chi connectivity index (χ1n) is 2.16. The fourth-order valence-corrected chi connectivity index (χ4v) is 4.55. The predicted molar refractivity (Wildman–Crippen MR) is 35.0 cm³/mol. The van der Waals surface area contributed by atoms with Crippen LogP contribution in [0.25, 0.3) is 0 Å². The topological polar surface area (TPSA) is 0 Å². The molecule has 6 heavy (non-hydrogen) atoms. The summed E-state index contributed by atoms with van der Waals surface area (Å²) in [6.45, 7) is 2.38. The molecule has 0 bridgehead atoms. The lowest BCUT2D eigenvalue weighted by molar-refractivity contribution is 1.56. The Morgan fingerprint density at radius 3 is 2.67 bits per heavy atom. The van der Waals surface area contributed by atoms with Gasteiger partial charge in [0.2, 0.25) is 0 Å². The highest BCUT2D eigenvalue weighted by Gasteiger charge is 2.06. The minimum Gasteiger partial charge on any atom is -0.157 e. The number of hydrogen-bond acceptors (Lipinski definition) is 1. The van der Waals surface area contributed by atoms with E-state index in [2.05, 4.69) is 18.4 Å². The molecule has 1 aliphatic heterocycles. The van der Waals surface area contributed by atoms with E-state index in [0.29, 0.717) is 7.92 Å². The van der Waals surface area contributed by atoms with Gasteiger partial charge in [-0.15, -0.1) is 0 Å². The molecule has 1 fully saturated rings. The van der Waals surface area contributed by atoms with Crippen LogP contribution in [0.3, 0.4) is 0 Å². The molecule has 0 aromatic carbocycles. The van der Waals surface area contributed by atoms with E-state index in [4.69, 9.17) is 0 Å². The van der Waals surface area contributed by atoms with Gasteiger partial charge < -0.3 is 0 Å². The van der Waals surface area contributed by atoms with Crippen molar-refractivity contribution in [3.05, 3.63) is 0 Å². The second-order valence-electron chi connectivity index (χ2n) is 1.62. The van der Waals surface area contributed by atoms with E-state index in [1.54, 1.807) is 0 Å².